The van der Waals surface area contributed by atoms with E-state index in [9.17, 15) is 14.4 Å². The van der Waals surface area contributed by atoms with Crippen LogP contribution in [0.25, 0.3) is 10.6 Å². The Morgan fingerprint density at radius 2 is 1.89 bits per heavy atom. The topological polar surface area (TPSA) is 101 Å². The van der Waals surface area contributed by atoms with Crippen LogP contribution in [0.3, 0.4) is 0 Å². The van der Waals surface area contributed by atoms with Gasteiger partial charge in [0, 0.05) is 40.9 Å². The molecular formula is C28H22N4O4S. The van der Waals surface area contributed by atoms with Crippen LogP contribution in [0.4, 0.5) is 11.4 Å². The Kier molecular flexibility index (Phi) is 5.90. The Morgan fingerprint density at radius 3 is 2.70 bits per heavy atom. The molecule has 3 amide bonds. The Hall–Kier alpha value is -4.50. The molecule has 4 aromatic rings. The van der Waals surface area contributed by atoms with Crippen LogP contribution < -0.4 is 20.3 Å². The van der Waals surface area contributed by atoms with E-state index < -0.39 is 0 Å². The lowest BCUT2D eigenvalue weighted by Gasteiger charge is -2.15. The standard InChI is InChI=1S/C28H22N4O4S/c33-25-6-3-13-32(25)19-10-7-17(8-11-19)28-30-16-20(37-28)15-29-26(34)18-9-12-24-22(14-18)31-27(35)21-4-1-2-5-23(21)36-24/h1-2,4-5,7-12,14,16H,3,6,13,15H2,(H,29,34)(H,31,35). The molecule has 2 aliphatic rings. The van der Waals surface area contributed by atoms with E-state index in [1.807, 2.05) is 29.2 Å². The fraction of sp³-hybridized carbons (Fsp3) is 0.143. The zero-order chi connectivity index (χ0) is 25.4. The van der Waals surface area contributed by atoms with Crippen molar-refractivity contribution in [2.45, 2.75) is 19.4 Å². The van der Waals surface area contributed by atoms with Crippen molar-refractivity contribution in [1.82, 2.24) is 10.3 Å². The lowest BCUT2D eigenvalue weighted by molar-refractivity contribution is -0.117. The number of thiazole rings is 1. The molecular weight excluding hydrogens is 488 g/mol. The van der Waals surface area contributed by atoms with Gasteiger partial charge in [-0.25, -0.2) is 4.98 Å². The van der Waals surface area contributed by atoms with Gasteiger partial charge in [0.25, 0.3) is 11.8 Å². The molecule has 2 N–H and O–H groups in total. The predicted molar refractivity (Wildman–Crippen MR) is 141 cm³/mol. The molecule has 0 radical (unpaired) electrons. The quantitative estimate of drug-likeness (QED) is 0.383. The number of para-hydroxylation sites is 1. The van der Waals surface area contributed by atoms with Gasteiger partial charge in [0.1, 0.15) is 10.8 Å². The average molecular weight is 511 g/mol. The van der Waals surface area contributed by atoms with Gasteiger partial charge in [-0.1, -0.05) is 12.1 Å². The molecule has 0 atom stereocenters. The number of nitrogens with zero attached hydrogens (tertiary/aromatic N) is 2. The molecule has 1 saturated heterocycles. The summed E-state index contributed by atoms with van der Waals surface area (Å²) in [5.74, 6) is 0.547. The van der Waals surface area contributed by atoms with Gasteiger partial charge in [0.2, 0.25) is 5.91 Å². The highest BCUT2D eigenvalue weighted by Gasteiger charge is 2.23. The van der Waals surface area contributed by atoms with E-state index in [1.54, 1.807) is 48.7 Å². The molecule has 0 bridgehead atoms. The Morgan fingerprint density at radius 1 is 1.05 bits per heavy atom. The van der Waals surface area contributed by atoms with Crippen molar-refractivity contribution < 1.29 is 19.1 Å². The molecule has 8 nitrogen and oxygen atoms in total. The number of fused-ring (bicyclic) bond motifs is 2. The van der Waals surface area contributed by atoms with E-state index in [2.05, 4.69) is 15.6 Å². The van der Waals surface area contributed by atoms with Gasteiger partial charge in [-0.05, 0) is 61.0 Å². The summed E-state index contributed by atoms with van der Waals surface area (Å²) >= 11 is 1.50. The van der Waals surface area contributed by atoms with Crippen LogP contribution in [-0.4, -0.2) is 29.3 Å². The van der Waals surface area contributed by atoms with E-state index in [1.165, 1.54) is 11.3 Å². The fourth-order valence-corrected chi connectivity index (χ4v) is 5.26. The molecule has 1 fully saturated rings. The third kappa shape index (κ3) is 4.56. The Labute approximate surface area is 216 Å². The first-order valence-corrected chi connectivity index (χ1v) is 12.7. The smallest absolute Gasteiger partial charge is 0.259 e. The lowest BCUT2D eigenvalue weighted by Crippen LogP contribution is -2.23. The van der Waals surface area contributed by atoms with E-state index in [0.29, 0.717) is 41.3 Å². The molecule has 37 heavy (non-hydrogen) atoms. The second-order valence-electron chi connectivity index (χ2n) is 8.77. The summed E-state index contributed by atoms with van der Waals surface area (Å²) in [6.07, 6.45) is 3.25. The SMILES string of the molecule is O=C(NCc1cnc(-c2ccc(N3CCCC3=O)cc2)s1)c1ccc2c(c1)NC(=O)c1ccccc1O2. The molecule has 2 aliphatic heterocycles. The third-order valence-electron chi connectivity index (χ3n) is 6.32. The minimum atomic E-state index is -0.288. The van der Waals surface area contributed by atoms with Crippen LogP contribution in [0.1, 0.15) is 38.4 Å². The van der Waals surface area contributed by atoms with E-state index in [-0.39, 0.29) is 17.7 Å². The first kappa shape index (κ1) is 22.9. The minimum Gasteiger partial charge on any atom is -0.454 e. The van der Waals surface area contributed by atoms with Crippen LogP contribution in [0.5, 0.6) is 11.5 Å². The van der Waals surface area contributed by atoms with Gasteiger partial charge in [0.05, 0.1) is 17.8 Å². The molecule has 6 rings (SSSR count). The first-order valence-electron chi connectivity index (χ1n) is 11.9. The number of rotatable bonds is 5. The number of amides is 3. The highest BCUT2D eigenvalue weighted by molar-refractivity contribution is 7.15. The van der Waals surface area contributed by atoms with Crippen LogP contribution in [-0.2, 0) is 11.3 Å². The van der Waals surface area contributed by atoms with Crippen molar-refractivity contribution >= 4 is 40.4 Å². The van der Waals surface area contributed by atoms with Gasteiger partial charge in [-0.2, -0.15) is 0 Å². The summed E-state index contributed by atoms with van der Waals surface area (Å²) in [5, 5.41) is 6.58. The molecule has 0 aliphatic carbocycles. The van der Waals surface area contributed by atoms with Crippen molar-refractivity contribution in [3.05, 3.63) is 88.9 Å². The van der Waals surface area contributed by atoms with Crippen molar-refractivity contribution in [2.75, 3.05) is 16.8 Å². The van der Waals surface area contributed by atoms with Crippen molar-refractivity contribution in [2.24, 2.45) is 0 Å². The van der Waals surface area contributed by atoms with Crippen LogP contribution >= 0.6 is 11.3 Å². The maximum atomic E-state index is 12.8. The highest BCUT2D eigenvalue weighted by atomic mass is 32.1. The second-order valence-corrected chi connectivity index (χ2v) is 9.89. The third-order valence-corrected chi connectivity index (χ3v) is 7.36. The highest BCUT2D eigenvalue weighted by Crippen LogP contribution is 2.36. The molecule has 3 aromatic carbocycles. The largest absolute Gasteiger partial charge is 0.454 e. The summed E-state index contributed by atoms with van der Waals surface area (Å²) in [6, 6.07) is 19.8. The lowest BCUT2D eigenvalue weighted by atomic mass is 10.1. The number of benzene rings is 3. The number of carbonyl (C=O) groups excluding carboxylic acids is 3. The number of anilines is 2. The summed E-state index contributed by atoms with van der Waals surface area (Å²) in [6.45, 7) is 1.08. The van der Waals surface area contributed by atoms with Gasteiger partial charge in [-0.3, -0.25) is 14.4 Å². The van der Waals surface area contributed by atoms with Crippen molar-refractivity contribution in [3.63, 3.8) is 0 Å². The molecule has 0 unspecified atom stereocenters. The van der Waals surface area contributed by atoms with Crippen LogP contribution in [0.15, 0.2) is 72.9 Å². The normalized spacial score (nSPS) is 14.3. The number of ether oxygens (including phenoxy) is 1. The van der Waals surface area contributed by atoms with Crippen molar-refractivity contribution in [1.29, 1.82) is 0 Å². The summed E-state index contributed by atoms with van der Waals surface area (Å²) in [7, 11) is 0. The second kappa shape index (κ2) is 9.51. The molecule has 9 heteroatoms. The molecule has 184 valence electrons. The van der Waals surface area contributed by atoms with Gasteiger partial charge < -0.3 is 20.3 Å². The van der Waals surface area contributed by atoms with Crippen LogP contribution in [0, 0.1) is 0 Å². The maximum absolute atomic E-state index is 12.8. The maximum Gasteiger partial charge on any atom is 0.259 e. The van der Waals surface area contributed by atoms with E-state index in [0.717, 1.165) is 34.1 Å². The first-order chi connectivity index (χ1) is 18.0. The number of carbonyl (C=O) groups is 3. The Bertz CT molecular complexity index is 1530. The monoisotopic (exact) mass is 510 g/mol. The average Bonchev–Trinajstić information content (AvgIpc) is 3.54. The minimum absolute atomic E-state index is 0.162. The van der Waals surface area contributed by atoms with E-state index >= 15 is 0 Å². The summed E-state index contributed by atoms with van der Waals surface area (Å²) in [5.41, 5.74) is 3.14. The number of hydrogen-bond donors (Lipinski definition) is 2. The molecule has 0 saturated carbocycles. The number of hydrogen-bond acceptors (Lipinski definition) is 6. The number of aromatic nitrogens is 1. The fourth-order valence-electron chi connectivity index (χ4n) is 4.41. The van der Waals surface area contributed by atoms with Crippen molar-refractivity contribution in [3.8, 4) is 22.1 Å². The zero-order valence-corrected chi connectivity index (χ0v) is 20.5. The Balaban J connectivity index is 1.11. The molecule has 0 spiro atoms. The predicted octanol–water partition coefficient (Wildman–Crippen LogP) is 5.22. The van der Waals surface area contributed by atoms with Gasteiger partial charge >= 0.3 is 0 Å². The van der Waals surface area contributed by atoms with Gasteiger partial charge in [0.15, 0.2) is 5.75 Å². The molecule has 3 heterocycles. The van der Waals surface area contributed by atoms with Gasteiger partial charge in [-0.15, -0.1) is 11.3 Å². The van der Waals surface area contributed by atoms with Crippen LogP contribution in [0.2, 0.25) is 0 Å². The van der Waals surface area contributed by atoms with E-state index in [4.69, 9.17) is 4.74 Å². The summed E-state index contributed by atoms with van der Waals surface area (Å²) < 4.78 is 5.88. The summed E-state index contributed by atoms with van der Waals surface area (Å²) in [4.78, 5) is 44.6. The molecule has 1 aromatic heterocycles. The zero-order valence-electron chi connectivity index (χ0n) is 19.7. The number of nitrogens with one attached hydrogen (secondary N) is 2.